The number of halogens is 1. The summed E-state index contributed by atoms with van der Waals surface area (Å²) in [5.41, 5.74) is 3.00. The van der Waals surface area contributed by atoms with Gasteiger partial charge in [0.2, 0.25) is 10.0 Å². The Bertz CT molecular complexity index is 865. The smallest absolute Gasteiger partial charge is 0.242 e. The normalized spacial score (nSPS) is 15.9. The number of rotatable bonds is 6. The Morgan fingerprint density at radius 2 is 1.81 bits per heavy atom. The van der Waals surface area contributed by atoms with Crippen molar-refractivity contribution in [2.24, 2.45) is 0 Å². The maximum Gasteiger partial charge on any atom is 0.242 e. The van der Waals surface area contributed by atoms with Crippen LogP contribution in [0.15, 0.2) is 47.4 Å². The zero-order valence-corrected chi connectivity index (χ0v) is 16.3. The van der Waals surface area contributed by atoms with Crippen LogP contribution in [0.2, 0.25) is 5.02 Å². The number of nitrogens with one attached hydrogen (secondary N) is 1. The molecule has 7 heteroatoms. The van der Waals surface area contributed by atoms with Gasteiger partial charge in [0, 0.05) is 26.2 Å². The molecule has 1 fully saturated rings. The van der Waals surface area contributed by atoms with Crippen LogP contribution in [0.1, 0.15) is 16.7 Å². The molecule has 5 nitrogen and oxygen atoms in total. The summed E-state index contributed by atoms with van der Waals surface area (Å²) in [6.07, 6.45) is 0. The first-order valence-electron chi connectivity index (χ1n) is 8.58. The summed E-state index contributed by atoms with van der Waals surface area (Å²) in [5, 5.41) is 0.235. The summed E-state index contributed by atoms with van der Waals surface area (Å²) in [7, 11) is -3.67. The predicted octanol–water partition coefficient (Wildman–Crippen LogP) is 2.96. The molecule has 0 aliphatic carbocycles. The van der Waals surface area contributed by atoms with Crippen LogP contribution in [0.4, 0.5) is 0 Å². The van der Waals surface area contributed by atoms with Crippen LogP contribution in [0, 0.1) is 6.92 Å². The molecule has 1 heterocycles. The van der Waals surface area contributed by atoms with E-state index in [2.05, 4.69) is 9.62 Å². The fraction of sp³-hybridized carbons (Fsp3) is 0.368. The van der Waals surface area contributed by atoms with E-state index in [-0.39, 0.29) is 16.5 Å². The van der Waals surface area contributed by atoms with Gasteiger partial charge in [0.1, 0.15) is 4.90 Å². The molecule has 26 heavy (non-hydrogen) atoms. The van der Waals surface area contributed by atoms with Crippen molar-refractivity contribution in [3.8, 4) is 0 Å². The van der Waals surface area contributed by atoms with Crippen LogP contribution in [0.3, 0.4) is 0 Å². The Hall–Kier alpha value is -1.44. The topological polar surface area (TPSA) is 58.6 Å². The average Bonchev–Trinajstić information content (AvgIpc) is 2.61. The zero-order chi connectivity index (χ0) is 18.6. The average molecular weight is 395 g/mol. The summed E-state index contributed by atoms with van der Waals surface area (Å²) in [6.45, 7) is 6.14. The number of hydrogen-bond donors (Lipinski definition) is 1. The maximum absolute atomic E-state index is 12.6. The lowest BCUT2D eigenvalue weighted by atomic mass is 10.1. The Balaban J connectivity index is 1.72. The maximum atomic E-state index is 12.6. The van der Waals surface area contributed by atoms with Crippen molar-refractivity contribution in [1.82, 2.24) is 9.62 Å². The van der Waals surface area contributed by atoms with Gasteiger partial charge in [0.25, 0.3) is 0 Å². The minimum Gasteiger partial charge on any atom is -0.379 e. The van der Waals surface area contributed by atoms with E-state index in [0.29, 0.717) is 0 Å². The molecule has 0 bridgehead atoms. The number of aryl methyl sites for hydroxylation is 1. The van der Waals surface area contributed by atoms with E-state index in [1.54, 1.807) is 18.2 Å². The van der Waals surface area contributed by atoms with Crippen molar-refractivity contribution in [3.63, 3.8) is 0 Å². The van der Waals surface area contributed by atoms with E-state index in [4.69, 9.17) is 16.3 Å². The SMILES string of the molecule is Cc1ccc(S(=O)(=O)NCc2ccccc2CN2CCOCC2)c(Cl)c1. The molecular weight excluding hydrogens is 372 g/mol. The molecule has 1 aliphatic rings. The number of benzene rings is 2. The second-order valence-corrected chi connectivity index (χ2v) is 8.56. The van der Waals surface area contributed by atoms with E-state index >= 15 is 0 Å². The van der Waals surface area contributed by atoms with Crippen molar-refractivity contribution < 1.29 is 13.2 Å². The number of morpholine rings is 1. The number of hydrogen-bond acceptors (Lipinski definition) is 4. The molecule has 0 saturated carbocycles. The highest BCUT2D eigenvalue weighted by Crippen LogP contribution is 2.23. The molecule has 0 radical (unpaired) electrons. The van der Waals surface area contributed by atoms with E-state index in [0.717, 1.165) is 49.5 Å². The molecule has 0 spiro atoms. The van der Waals surface area contributed by atoms with Gasteiger partial charge in [-0.05, 0) is 35.7 Å². The molecule has 2 aromatic carbocycles. The summed E-state index contributed by atoms with van der Waals surface area (Å²) in [4.78, 5) is 2.42. The lowest BCUT2D eigenvalue weighted by Gasteiger charge is -2.27. The quantitative estimate of drug-likeness (QED) is 0.818. The standard InChI is InChI=1S/C19H23ClN2O3S/c1-15-6-7-19(18(20)12-15)26(23,24)21-13-16-4-2-3-5-17(16)14-22-8-10-25-11-9-22/h2-7,12,21H,8-11,13-14H2,1H3. The summed E-state index contributed by atoms with van der Waals surface area (Å²) >= 11 is 6.12. The monoisotopic (exact) mass is 394 g/mol. The molecule has 0 amide bonds. The Kier molecular flexibility index (Phi) is 6.32. The van der Waals surface area contributed by atoms with Gasteiger partial charge in [-0.25, -0.2) is 13.1 Å². The van der Waals surface area contributed by atoms with Crippen molar-refractivity contribution in [2.75, 3.05) is 26.3 Å². The van der Waals surface area contributed by atoms with E-state index in [1.165, 1.54) is 0 Å². The first-order valence-corrected chi connectivity index (χ1v) is 10.4. The van der Waals surface area contributed by atoms with Gasteiger partial charge in [-0.3, -0.25) is 4.90 Å². The van der Waals surface area contributed by atoms with Crippen molar-refractivity contribution >= 4 is 21.6 Å². The highest BCUT2D eigenvalue weighted by Gasteiger charge is 2.19. The van der Waals surface area contributed by atoms with Crippen molar-refractivity contribution in [1.29, 1.82) is 0 Å². The van der Waals surface area contributed by atoms with Gasteiger partial charge in [-0.15, -0.1) is 0 Å². The summed E-state index contributed by atoms with van der Waals surface area (Å²) in [6, 6.07) is 12.8. The summed E-state index contributed by atoms with van der Waals surface area (Å²) in [5.74, 6) is 0. The molecule has 0 unspecified atom stereocenters. The largest absolute Gasteiger partial charge is 0.379 e. The van der Waals surface area contributed by atoms with Crippen LogP contribution in [-0.2, 0) is 27.8 Å². The predicted molar refractivity (Wildman–Crippen MR) is 103 cm³/mol. The molecular formula is C19H23ClN2O3S. The van der Waals surface area contributed by atoms with Gasteiger partial charge < -0.3 is 4.74 Å². The van der Waals surface area contributed by atoms with E-state index in [1.807, 2.05) is 31.2 Å². The number of ether oxygens (including phenoxy) is 1. The molecule has 0 atom stereocenters. The fourth-order valence-corrected chi connectivity index (χ4v) is 4.56. The third kappa shape index (κ3) is 4.84. The first-order chi connectivity index (χ1) is 12.5. The minimum atomic E-state index is -3.67. The lowest BCUT2D eigenvalue weighted by molar-refractivity contribution is 0.0341. The van der Waals surface area contributed by atoms with Gasteiger partial charge in [0.05, 0.1) is 18.2 Å². The number of sulfonamides is 1. The molecule has 1 saturated heterocycles. The van der Waals surface area contributed by atoms with Crippen molar-refractivity contribution in [3.05, 3.63) is 64.2 Å². The van der Waals surface area contributed by atoms with Crippen LogP contribution in [0.5, 0.6) is 0 Å². The second kappa shape index (κ2) is 8.50. The molecule has 2 aromatic rings. The second-order valence-electron chi connectivity index (χ2n) is 6.42. The highest BCUT2D eigenvalue weighted by atomic mass is 35.5. The molecule has 3 rings (SSSR count). The van der Waals surface area contributed by atoms with Gasteiger partial charge >= 0.3 is 0 Å². The van der Waals surface area contributed by atoms with E-state index < -0.39 is 10.0 Å². The van der Waals surface area contributed by atoms with E-state index in [9.17, 15) is 8.42 Å². The molecule has 1 N–H and O–H groups in total. The Morgan fingerprint density at radius 3 is 2.50 bits per heavy atom. The zero-order valence-electron chi connectivity index (χ0n) is 14.7. The van der Waals surface area contributed by atoms with Crippen LogP contribution >= 0.6 is 11.6 Å². The van der Waals surface area contributed by atoms with Crippen LogP contribution < -0.4 is 4.72 Å². The minimum absolute atomic E-state index is 0.107. The van der Waals surface area contributed by atoms with Gasteiger partial charge in [0.15, 0.2) is 0 Å². The van der Waals surface area contributed by atoms with Gasteiger partial charge in [-0.1, -0.05) is 41.9 Å². The fourth-order valence-electron chi connectivity index (χ4n) is 2.96. The Labute approximate surface area is 160 Å². The first kappa shape index (κ1) is 19.3. The third-order valence-corrected chi connectivity index (χ3v) is 6.33. The number of nitrogens with zero attached hydrogens (tertiary/aromatic N) is 1. The Morgan fingerprint density at radius 1 is 1.12 bits per heavy atom. The van der Waals surface area contributed by atoms with Crippen LogP contribution in [-0.4, -0.2) is 39.6 Å². The molecule has 140 valence electrons. The van der Waals surface area contributed by atoms with Gasteiger partial charge in [-0.2, -0.15) is 0 Å². The van der Waals surface area contributed by atoms with Crippen molar-refractivity contribution in [2.45, 2.75) is 24.9 Å². The molecule has 0 aromatic heterocycles. The summed E-state index contributed by atoms with van der Waals surface area (Å²) < 4.78 is 33.3. The highest BCUT2D eigenvalue weighted by molar-refractivity contribution is 7.89. The third-order valence-electron chi connectivity index (χ3n) is 4.45. The molecule has 1 aliphatic heterocycles. The lowest BCUT2D eigenvalue weighted by Crippen LogP contribution is -2.36. The van der Waals surface area contributed by atoms with Crippen LogP contribution in [0.25, 0.3) is 0 Å².